The van der Waals surface area contributed by atoms with Crippen LogP contribution in [-0.2, 0) is 0 Å². The standard InChI is InChI=1S/C22H37N2O2Si2.Li/c1-11-23(12-2)21(25)26-19-14-13-18-17(20(19)27(6,7)8)15-16-24(18)28(9,10)22(3,4)5;/h13-14,16H,11-12H2,1-10H3;/q-1;+1. The molecule has 0 aliphatic carbocycles. The number of aromatic nitrogens is 1. The van der Waals surface area contributed by atoms with Gasteiger partial charge in [0.2, 0.25) is 0 Å². The van der Waals surface area contributed by atoms with Crippen molar-refractivity contribution in [2.45, 2.75) is 72.4 Å². The first-order chi connectivity index (χ1) is 12.8. The molecule has 0 spiro atoms. The van der Waals surface area contributed by atoms with Crippen LogP contribution in [0.4, 0.5) is 4.79 Å². The first kappa shape index (κ1) is 26.1. The number of rotatable bonds is 5. The minimum Gasteiger partial charge on any atom is -0.438 e. The zero-order chi connectivity index (χ0) is 21.5. The molecule has 0 aliphatic heterocycles. The van der Waals surface area contributed by atoms with E-state index in [9.17, 15) is 4.79 Å². The molecule has 0 saturated carbocycles. The van der Waals surface area contributed by atoms with Gasteiger partial charge in [0.1, 0.15) is 8.24 Å². The number of carbonyl (C=O) groups excluding carboxylic acids is 1. The Labute approximate surface area is 191 Å². The zero-order valence-corrected chi connectivity index (χ0v) is 22.4. The summed E-state index contributed by atoms with van der Waals surface area (Å²) < 4.78 is 8.35. The minimum atomic E-state index is -1.78. The summed E-state index contributed by atoms with van der Waals surface area (Å²) in [6, 6.07) is 7.65. The molecule has 2 rings (SSSR count). The van der Waals surface area contributed by atoms with E-state index in [1.54, 1.807) is 4.90 Å². The van der Waals surface area contributed by atoms with Crippen molar-refractivity contribution in [3.63, 3.8) is 0 Å². The fourth-order valence-electron chi connectivity index (χ4n) is 3.41. The van der Waals surface area contributed by atoms with Gasteiger partial charge in [-0.2, -0.15) is 11.5 Å². The molecule has 2 aromatic rings. The number of benzene rings is 1. The summed E-state index contributed by atoms with van der Waals surface area (Å²) in [6.45, 7) is 23.9. The molecule has 7 heteroatoms. The Hall–Kier alpha value is -0.939. The number of fused-ring (bicyclic) bond motifs is 1. The van der Waals surface area contributed by atoms with Gasteiger partial charge in [-0.1, -0.05) is 71.3 Å². The third-order valence-electron chi connectivity index (χ3n) is 6.15. The van der Waals surface area contributed by atoms with Gasteiger partial charge in [-0.05, 0) is 25.0 Å². The average molecular weight is 425 g/mol. The van der Waals surface area contributed by atoms with Crippen LogP contribution in [-0.4, -0.2) is 44.6 Å². The normalized spacial score (nSPS) is 12.6. The Bertz CT molecular complexity index is 860. The van der Waals surface area contributed by atoms with Gasteiger partial charge in [0.15, 0.2) is 0 Å². The van der Waals surface area contributed by atoms with Gasteiger partial charge in [-0.3, -0.25) is 0 Å². The summed E-state index contributed by atoms with van der Waals surface area (Å²) in [5, 5.41) is 2.52. The SMILES string of the molecule is CCN(CC)C(=O)Oc1ccc2c([c-]cn2[Si](C)(C)C(C)(C)C)c1[Si](C)(C)C.[Li+]. The van der Waals surface area contributed by atoms with E-state index in [1.807, 2.05) is 19.9 Å². The van der Waals surface area contributed by atoms with Crippen molar-refractivity contribution in [3.05, 3.63) is 24.4 Å². The summed E-state index contributed by atoms with van der Waals surface area (Å²) in [6.07, 6.45) is 1.86. The average Bonchev–Trinajstić information content (AvgIpc) is 2.97. The Balaban J connectivity index is 0.00000420. The molecule has 0 saturated heterocycles. The zero-order valence-electron chi connectivity index (χ0n) is 20.4. The summed E-state index contributed by atoms with van der Waals surface area (Å²) in [5.74, 6) is 0.702. The topological polar surface area (TPSA) is 34.5 Å². The van der Waals surface area contributed by atoms with Crippen molar-refractivity contribution >= 4 is 38.5 Å². The number of hydrogen-bond acceptors (Lipinski definition) is 2. The Kier molecular flexibility index (Phi) is 8.15. The quantitative estimate of drug-likeness (QED) is 0.546. The monoisotopic (exact) mass is 424 g/mol. The smallest absolute Gasteiger partial charge is 0.438 e. The Morgan fingerprint density at radius 3 is 2.10 bits per heavy atom. The predicted octanol–water partition coefficient (Wildman–Crippen LogP) is 2.68. The first-order valence-corrected chi connectivity index (χ1v) is 16.7. The molecule has 1 aromatic heterocycles. The van der Waals surface area contributed by atoms with Crippen molar-refractivity contribution in [1.82, 2.24) is 9.13 Å². The number of carbonyl (C=O) groups is 1. The maximum Gasteiger partial charge on any atom is 1.00 e. The van der Waals surface area contributed by atoms with Crippen LogP contribution in [0.2, 0.25) is 37.8 Å². The second-order valence-corrected chi connectivity index (χ2v) is 20.2. The molecular weight excluding hydrogens is 387 g/mol. The summed E-state index contributed by atoms with van der Waals surface area (Å²) in [4.78, 5) is 14.3. The van der Waals surface area contributed by atoms with Crippen LogP contribution >= 0.6 is 0 Å². The predicted molar refractivity (Wildman–Crippen MR) is 125 cm³/mol. The van der Waals surface area contributed by atoms with E-state index < -0.39 is 16.3 Å². The molecule has 29 heavy (non-hydrogen) atoms. The largest absolute Gasteiger partial charge is 1.00 e. The molecule has 0 N–H and O–H groups in total. The molecule has 0 unspecified atom stereocenters. The Morgan fingerprint density at radius 1 is 1.10 bits per heavy atom. The van der Waals surface area contributed by atoms with Crippen molar-refractivity contribution in [3.8, 4) is 5.75 Å². The Morgan fingerprint density at radius 2 is 1.66 bits per heavy atom. The molecule has 0 atom stereocenters. The second kappa shape index (κ2) is 9.05. The van der Waals surface area contributed by atoms with Gasteiger partial charge in [0.25, 0.3) is 0 Å². The summed E-state index contributed by atoms with van der Waals surface area (Å²) >= 11 is 0. The van der Waals surface area contributed by atoms with Gasteiger partial charge in [0.05, 0.1) is 5.75 Å². The van der Waals surface area contributed by atoms with E-state index in [0.717, 1.165) is 5.39 Å². The fraction of sp³-hybridized carbons (Fsp3) is 0.591. The summed E-state index contributed by atoms with van der Waals surface area (Å²) in [5.41, 5.74) is 1.21. The molecule has 1 amide bonds. The van der Waals surface area contributed by atoms with Crippen LogP contribution in [0.1, 0.15) is 34.6 Å². The van der Waals surface area contributed by atoms with Crippen LogP contribution in [0.15, 0.2) is 18.3 Å². The van der Waals surface area contributed by atoms with Gasteiger partial charge < -0.3 is 13.9 Å². The van der Waals surface area contributed by atoms with Gasteiger partial charge in [-0.15, -0.1) is 5.19 Å². The van der Waals surface area contributed by atoms with Crippen LogP contribution in [0.3, 0.4) is 0 Å². The molecule has 156 valence electrons. The van der Waals surface area contributed by atoms with E-state index in [1.165, 1.54) is 10.7 Å². The van der Waals surface area contributed by atoms with Crippen molar-refractivity contribution < 1.29 is 28.4 Å². The molecular formula is C22H37LiN2O2Si2. The molecule has 0 radical (unpaired) electrons. The molecule has 0 aliphatic rings. The van der Waals surface area contributed by atoms with Gasteiger partial charge in [-0.25, -0.2) is 4.79 Å². The maximum atomic E-state index is 12.6. The van der Waals surface area contributed by atoms with Crippen LogP contribution in [0.25, 0.3) is 10.9 Å². The van der Waals surface area contributed by atoms with Crippen LogP contribution < -0.4 is 28.8 Å². The molecule has 4 nitrogen and oxygen atoms in total. The van der Waals surface area contributed by atoms with E-state index >= 15 is 0 Å². The van der Waals surface area contributed by atoms with Crippen molar-refractivity contribution in [2.75, 3.05) is 13.1 Å². The number of ether oxygens (including phenoxy) is 1. The third kappa shape index (κ3) is 5.04. The van der Waals surface area contributed by atoms with Gasteiger partial charge >= 0.3 is 25.0 Å². The van der Waals surface area contributed by atoms with E-state index in [0.29, 0.717) is 18.8 Å². The van der Waals surface area contributed by atoms with Crippen LogP contribution in [0.5, 0.6) is 5.75 Å². The number of hydrogen-bond donors (Lipinski definition) is 0. The van der Waals surface area contributed by atoms with E-state index in [-0.39, 0.29) is 30.0 Å². The molecule has 0 fully saturated rings. The van der Waals surface area contributed by atoms with Crippen molar-refractivity contribution in [1.29, 1.82) is 0 Å². The van der Waals surface area contributed by atoms with E-state index in [4.69, 9.17) is 4.74 Å². The first-order valence-electron chi connectivity index (χ1n) is 10.3. The molecule has 1 aromatic carbocycles. The minimum absolute atomic E-state index is 0. The number of amides is 1. The second-order valence-electron chi connectivity index (χ2n) is 10.1. The van der Waals surface area contributed by atoms with Crippen LogP contribution in [0, 0.1) is 6.07 Å². The van der Waals surface area contributed by atoms with Crippen molar-refractivity contribution in [2.24, 2.45) is 0 Å². The summed E-state index contributed by atoms with van der Waals surface area (Å²) in [7, 11) is -3.55. The third-order valence-corrected chi connectivity index (χ3v) is 13.4. The molecule has 1 heterocycles. The molecule has 0 bridgehead atoms. The van der Waals surface area contributed by atoms with Gasteiger partial charge in [0, 0.05) is 21.2 Å². The van der Waals surface area contributed by atoms with E-state index in [2.05, 4.69) is 76.1 Å². The number of nitrogens with zero attached hydrogens (tertiary/aromatic N) is 2. The maximum absolute atomic E-state index is 12.6. The fourth-order valence-corrected chi connectivity index (χ4v) is 7.13.